The molecule has 2 atom stereocenters. The lowest BCUT2D eigenvalue weighted by atomic mass is 10.0. The number of anilines is 1. The smallest absolute Gasteiger partial charge is 0.257 e. The number of nitrogens with one attached hydrogen (secondary N) is 1. The van der Waals surface area contributed by atoms with E-state index in [4.69, 9.17) is 0 Å². The van der Waals surface area contributed by atoms with Crippen molar-refractivity contribution in [3.8, 4) is 0 Å². The van der Waals surface area contributed by atoms with Gasteiger partial charge in [0.05, 0.1) is 6.04 Å². The second kappa shape index (κ2) is 6.88. The fourth-order valence-electron chi connectivity index (χ4n) is 2.83. The van der Waals surface area contributed by atoms with Crippen LogP contribution in [0, 0.1) is 17.6 Å². The van der Waals surface area contributed by atoms with Crippen molar-refractivity contribution in [2.45, 2.75) is 6.04 Å². The fraction of sp³-hybridized carbons (Fsp3) is 0.312. The molecule has 2 unspecified atom stereocenters. The number of aromatic nitrogens is 2. The van der Waals surface area contributed by atoms with Gasteiger partial charge in [-0.25, -0.2) is 18.7 Å². The van der Waals surface area contributed by atoms with Crippen LogP contribution in [0.3, 0.4) is 0 Å². The summed E-state index contributed by atoms with van der Waals surface area (Å²) in [6.07, 6.45) is 3.00. The lowest BCUT2D eigenvalue weighted by molar-refractivity contribution is 0.0913. The van der Waals surface area contributed by atoms with E-state index in [1.165, 1.54) is 12.4 Å². The van der Waals surface area contributed by atoms with E-state index in [9.17, 15) is 18.7 Å². The molecule has 126 valence electrons. The molecule has 3 rings (SSSR count). The SMILES string of the molecule is O=C(NC1CN(c2ccncn2)CC1CO)c1c(F)cccc1F. The number of rotatable bonds is 4. The van der Waals surface area contributed by atoms with Gasteiger partial charge in [0, 0.05) is 31.8 Å². The van der Waals surface area contributed by atoms with E-state index in [0.717, 1.165) is 12.1 Å². The zero-order valence-corrected chi connectivity index (χ0v) is 12.7. The molecule has 1 fully saturated rings. The molecule has 2 heterocycles. The normalized spacial score (nSPS) is 20.2. The number of benzene rings is 1. The topological polar surface area (TPSA) is 78.4 Å². The van der Waals surface area contributed by atoms with Gasteiger partial charge in [-0.1, -0.05) is 6.07 Å². The summed E-state index contributed by atoms with van der Waals surface area (Å²) in [5, 5.41) is 12.1. The number of carbonyl (C=O) groups is 1. The van der Waals surface area contributed by atoms with Crippen LogP contribution in [0.1, 0.15) is 10.4 Å². The number of nitrogens with zero attached hydrogens (tertiary/aromatic N) is 3. The summed E-state index contributed by atoms with van der Waals surface area (Å²) in [6, 6.07) is 4.53. The molecule has 0 bridgehead atoms. The molecule has 1 saturated heterocycles. The average molecular weight is 334 g/mol. The second-order valence-corrected chi connectivity index (χ2v) is 5.59. The highest BCUT2D eigenvalue weighted by Gasteiger charge is 2.35. The maximum atomic E-state index is 13.7. The molecule has 0 radical (unpaired) electrons. The molecular formula is C16H16F2N4O2. The van der Waals surface area contributed by atoms with Gasteiger partial charge in [0.15, 0.2) is 0 Å². The van der Waals surface area contributed by atoms with Crippen LogP contribution in [0.25, 0.3) is 0 Å². The number of aliphatic hydroxyl groups excluding tert-OH is 1. The third-order valence-corrected chi connectivity index (χ3v) is 4.07. The van der Waals surface area contributed by atoms with Gasteiger partial charge in [-0.15, -0.1) is 0 Å². The number of hydrogen-bond acceptors (Lipinski definition) is 5. The molecule has 1 aromatic carbocycles. The van der Waals surface area contributed by atoms with E-state index in [1.54, 1.807) is 12.3 Å². The van der Waals surface area contributed by atoms with E-state index < -0.39 is 29.1 Å². The van der Waals surface area contributed by atoms with Crippen LogP contribution in [-0.4, -0.2) is 46.7 Å². The molecule has 0 spiro atoms. The Bertz CT molecular complexity index is 709. The van der Waals surface area contributed by atoms with Gasteiger partial charge in [0.25, 0.3) is 5.91 Å². The van der Waals surface area contributed by atoms with Crippen LogP contribution >= 0.6 is 0 Å². The number of halogens is 2. The first-order valence-electron chi connectivity index (χ1n) is 7.47. The average Bonchev–Trinajstić information content (AvgIpc) is 2.98. The lowest BCUT2D eigenvalue weighted by Gasteiger charge is -2.18. The van der Waals surface area contributed by atoms with Gasteiger partial charge in [0.1, 0.15) is 29.3 Å². The Morgan fingerprint density at radius 3 is 2.67 bits per heavy atom. The third-order valence-electron chi connectivity index (χ3n) is 4.07. The van der Waals surface area contributed by atoms with E-state index in [0.29, 0.717) is 18.9 Å². The largest absolute Gasteiger partial charge is 0.396 e. The fourth-order valence-corrected chi connectivity index (χ4v) is 2.83. The van der Waals surface area contributed by atoms with Gasteiger partial charge in [-0.3, -0.25) is 4.79 Å². The Kier molecular flexibility index (Phi) is 4.66. The van der Waals surface area contributed by atoms with E-state index in [-0.39, 0.29) is 12.5 Å². The van der Waals surface area contributed by atoms with Crippen LogP contribution in [-0.2, 0) is 0 Å². The maximum absolute atomic E-state index is 13.7. The van der Waals surface area contributed by atoms with Crippen molar-refractivity contribution in [2.75, 3.05) is 24.6 Å². The molecule has 1 amide bonds. The summed E-state index contributed by atoms with van der Waals surface area (Å²) in [4.78, 5) is 22.1. The first-order chi connectivity index (χ1) is 11.6. The van der Waals surface area contributed by atoms with Crippen molar-refractivity contribution >= 4 is 11.7 Å². The molecule has 8 heteroatoms. The maximum Gasteiger partial charge on any atom is 0.257 e. The summed E-state index contributed by atoms with van der Waals surface area (Å²) in [6.45, 7) is 0.689. The summed E-state index contributed by atoms with van der Waals surface area (Å²) in [5.41, 5.74) is -0.616. The predicted molar refractivity (Wildman–Crippen MR) is 82.4 cm³/mol. The van der Waals surface area contributed by atoms with Crippen molar-refractivity contribution < 1.29 is 18.7 Å². The molecular weight excluding hydrogens is 318 g/mol. The third kappa shape index (κ3) is 3.18. The number of amides is 1. The molecule has 2 aromatic rings. The molecule has 2 N–H and O–H groups in total. The molecule has 6 nitrogen and oxygen atoms in total. The van der Waals surface area contributed by atoms with Gasteiger partial charge in [-0.2, -0.15) is 0 Å². The zero-order valence-electron chi connectivity index (χ0n) is 12.7. The Labute approximate surface area is 137 Å². The molecule has 24 heavy (non-hydrogen) atoms. The summed E-state index contributed by atoms with van der Waals surface area (Å²) in [7, 11) is 0. The first-order valence-corrected chi connectivity index (χ1v) is 7.47. The minimum Gasteiger partial charge on any atom is -0.396 e. The molecule has 0 saturated carbocycles. The van der Waals surface area contributed by atoms with E-state index in [1.807, 2.05) is 4.90 Å². The van der Waals surface area contributed by atoms with Gasteiger partial charge in [-0.05, 0) is 18.2 Å². The Balaban J connectivity index is 1.75. The second-order valence-electron chi connectivity index (χ2n) is 5.59. The van der Waals surface area contributed by atoms with Crippen molar-refractivity contribution in [3.63, 3.8) is 0 Å². The van der Waals surface area contributed by atoms with Crippen LogP contribution in [0.15, 0.2) is 36.8 Å². The van der Waals surface area contributed by atoms with Gasteiger partial charge >= 0.3 is 0 Å². The highest BCUT2D eigenvalue weighted by Crippen LogP contribution is 2.22. The summed E-state index contributed by atoms with van der Waals surface area (Å²) < 4.78 is 27.4. The monoisotopic (exact) mass is 334 g/mol. The molecule has 1 aliphatic rings. The van der Waals surface area contributed by atoms with Crippen LogP contribution in [0.5, 0.6) is 0 Å². The number of carbonyl (C=O) groups excluding carboxylic acids is 1. The Morgan fingerprint density at radius 1 is 1.29 bits per heavy atom. The van der Waals surface area contributed by atoms with Gasteiger partial charge < -0.3 is 15.3 Å². The minimum absolute atomic E-state index is 0.160. The summed E-state index contributed by atoms with van der Waals surface area (Å²) >= 11 is 0. The minimum atomic E-state index is -0.918. The predicted octanol–water partition coefficient (Wildman–Crippen LogP) is 0.982. The lowest BCUT2D eigenvalue weighted by Crippen LogP contribution is -2.42. The number of aliphatic hydroxyl groups is 1. The van der Waals surface area contributed by atoms with Crippen molar-refractivity contribution in [2.24, 2.45) is 5.92 Å². The van der Waals surface area contributed by atoms with E-state index >= 15 is 0 Å². The van der Waals surface area contributed by atoms with Crippen LogP contribution in [0.2, 0.25) is 0 Å². The number of hydrogen-bond donors (Lipinski definition) is 2. The van der Waals surface area contributed by atoms with Crippen LogP contribution < -0.4 is 10.2 Å². The van der Waals surface area contributed by atoms with Gasteiger partial charge in [0.2, 0.25) is 0 Å². The van der Waals surface area contributed by atoms with Crippen molar-refractivity contribution in [1.82, 2.24) is 15.3 Å². The van der Waals surface area contributed by atoms with Crippen molar-refractivity contribution in [3.05, 3.63) is 54.0 Å². The van der Waals surface area contributed by atoms with Crippen LogP contribution in [0.4, 0.5) is 14.6 Å². The first kappa shape index (κ1) is 16.3. The zero-order chi connectivity index (χ0) is 17.1. The highest BCUT2D eigenvalue weighted by molar-refractivity contribution is 5.95. The quantitative estimate of drug-likeness (QED) is 0.872. The standard InChI is InChI=1S/C16H16F2N4O2/c17-11-2-1-3-12(18)15(11)16(24)21-13-7-22(6-10(13)8-23)14-4-5-19-9-20-14/h1-5,9-10,13,23H,6-8H2,(H,21,24). The molecule has 0 aliphatic carbocycles. The van der Waals surface area contributed by atoms with Crippen molar-refractivity contribution in [1.29, 1.82) is 0 Å². The van der Waals surface area contributed by atoms with E-state index in [2.05, 4.69) is 15.3 Å². The Hall–Kier alpha value is -2.61. The molecule has 1 aromatic heterocycles. The summed E-state index contributed by atoms with van der Waals surface area (Å²) in [5.74, 6) is -2.27. The Morgan fingerprint density at radius 2 is 2.04 bits per heavy atom. The highest BCUT2D eigenvalue weighted by atomic mass is 19.1. The molecule has 1 aliphatic heterocycles.